The normalized spacial score (nSPS) is 11.9. The number of rotatable bonds is 5. The first-order valence-electron chi connectivity index (χ1n) is 4.28. The summed E-state index contributed by atoms with van der Waals surface area (Å²) in [6.45, 7) is 4.02. The Morgan fingerprint density at radius 2 is 2.00 bits per heavy atom. The van der Waals surface area contributed by atoms with Crippen LogP contribution in [0.4, 0.5) is 13.2 Å². The van der Waals surface area contributed by atoms with Crippen LogP contribution in [-0.4, -0.2) is 18.7 Å². The molecule has 0 aliphatic carbocycles. The number of hydrogen-bond donors (Lipinski definition) is 1. The molecule has 0 aliphatic heterocycles. The Bertz CT molecular complexity index is 180. The highest BCUT2D eigenvalue weighted by atomic mass is 19.4. The quantitative estimate of drug-likeness (QED) is 0.709. The van der Waals surface area contributed by atoms with Crippen molar-refractivity contribution >= 4 is 5.91 Å². The smallest absolute Gasteiger partial charge is 0.273 e. The van der Waals surface area contributed by atoms with Gasteiger partial charge in [0.2, 0.25) is 5.91 Å². The van der Waals surface area contributed by atoms with E-state index in [0.717, 1.165) is 0 Å². The molecule has 0 saturated carbocycles. The second-order valence-electron chi connectivity index (χ2n) is 3.35. The van der Waals surface area contributed by atoms with Crippen LogP contribution >= 0.6 is 0 Å². The Morgan fingerprint density at radius 1 is 1.43 bits per heavy atom. The Hall–Kier alpha value is -0.780. The van der Waals surface area contributed by atoms with Gasteiger partial charge in [-0.05, 0) is 5.92 Å². The molecule has 84 valence electrons. The fourth-order valence-corrected chi connectivity index (χ4v) is 0.595. The summed E-state index contributed by atoms with van der Waals surface area (Å²) in [5.41, 5.74) is 1.95. The molecule has 0 aliphatic rings. The molecule has 0 fully saturated rings. The van der Waals surface area contributed by atoms with E-state index in [0.29, 0.717) is 0 Å². The third-order valence-electron chi connectivity index (χ3n) is 1.24. The van der Waals surface area contributed by atoms with E-state index in [1.165, 1.54) is 0 Å². The molecule has 0 atom stereocenters. The molecule has 14 heavy (non-hydrogen) atoms. The molecule has 1 amide bonds. The Labute approximate surface area is 80.6 Å². The largest absolute Gasteiger partial charge is 0.389 e. The maximum Gasteiger partial charge on any atom is 0.389 e. The van der Waals surface area contributed by atoms with Crippen molar-refractivity contribution in [2.24, 2.45) is 5.92 Å². The molecule has 1 N–H and O–H groups in total. The summed E-state index contributed by atoms with van der Waals surface area (Å²) in [4.78, 5) is 15.4. The van der Waals surface area contributed by atoms with Crippen molar-refractivity contribution in [2.45, 2.75) is 32.9 Å². The van der Waals surface area contributed by atoms with Gasteiger partial charge in [0.25, 0.3) is 0 Å². The van der Waals surface area contributed by atoms with Gasteiger partial charge in [0.15, 0.2) is 0 Å². The summed E-state index contributed by atoms with van der Waals surface area (Å²) in [6, 6.07) is 0. The van der Waals surface area contributed by atoms with E-state index in [1.54, 1.807) is 0 Å². The molecule has 0 aromatic heterocycles. The predicted molar refractivity (Wildman–Crippen MR) is 44.2 cm³/mol. The SMILES string of the molecule is CC(C)CONC(=O)CCC(F)(F)F. The summed E-state index contributed by atoms with van der Waals surface area (Å²) in [6.07, 6.45) is -6.01. The second-order valence-corrected chi connectivity index (χ2v) is 3.35. The van der Waals surface area contributed by atoms with Gasteiger partial charge in [-0.3, -0.25) is 9.63 Å². The molecule has 0 rings (SSSR count). The van der Waals surface area contributed by atoms with E-state index in [2.05, 4.69) is 4.84 Å². The molecule has 0 aromatic rings. The van der Waals surface area contributed by atoms with Crippen LogP contribution in [0.2, 0.25) is 0 Å². The standard InChI is InChI=1S/C8H14F3NO2/c1-6(2)5-14-12-7(13)3-4-8(9,10)11/h6H,3-5H2,1-2H3,(H,12,13). The molecule has 0 bridgehead atoms. The highest BCUT2D eigenvalue weighted by Gasteiger charge is 2.27. The molecule has 0 radical (unpaired) electrons. The second kappa shape index (κ2) is 5.85. The van der Waals surface area contributed by atoms with Crippen LogP contribution in [0.3, 0.4) is 0 Å². The third kappa shape index (κ3) is 9.31. The lowest BCUT2D eigenvalue weighted by Gasteiger charge is -2.08. The maximum atomic E-state index is 11.6. The molecule has 6 heteroatoms. The lowest BCUT2D eigenvalue weighted by molar-refractivity contribution is -0.150. The summed E-state index contributed by atoms with van der Waals surface area (Å²) in [7, 11) is 0. The number of nitrogens with one attached hydrogen (secondary N) is 1. The average molecular weight is 213 g/mol. The van der Waals surface area contributed by atoms with Crippen molar-refractivity contribution in [2.75, 3.05) is 6.61 Å². The molecule has 0 aromatic carbocycles. The summed E-state index contributed by atoms with van der Waals surface area (Å²) in [5, 5.41) is 0. The van der Waals surface area contributed by atoms with Gasteiger partial charge in [-0.15, -0.1) is 0 Å². The minimum atomic E-state index is -4.30. The Balaban J connectivity index is 3.47. The van der Waals surface area contributed by atoms with Gasteiger partial charge in [-0.1, -0.05) is 13.8 Å². The minimum absolute atomic E-state index is 0.220. The van der Waals surface area contributed by atoms with Crippen molar-refractivity contribution in [3.63, 3.8) is 0 Å². The zero-order valence-electron chi connectivity index (χ0n) is 8.15. The monoisotopic (exact) mass is 213 g/mol. The van der Waals surface area contributed by atoms with Gasteiger partial charge in [-0.25, -0.2) is 5.48 Å². The number of carbonyl (C=O) groups excluding carboxylic acids is 1. The van der Waals surface area contributed by atoms with Crippen molar-refractivity contribution in [3.8, 4) is 0 Å². The predicted octanol–water partition coefficient (Wildman–Crippen LogP) is 2.03. The van der Waals surface area contributed by atoms with Gasteiger partial charge in [0.05, 0.1) is 13.0 Å². The first kappa shape index (κ1) is 13.2. The molecular formula is C8H14F3NO2. The fraction of sp³-hybridized carbons (Fsp3) is 0.875. The van der Waals surface area contributed by atoms with Gasteiger partial charge < -0.3 is 0 Å². The van der Waals surface area contributed by atoms with Gasteiger partial charge in [0, 0.05) is 6.42 Å². The van der Waals surface area contributed by atoms with Crippen LogP contribution in [0.1, 0.15) is 26.7 Å². The van der Waals surface area contributed by atoms with Gasteiger partial charge >= 0.3 is 6.18 Å². The summed E-state index contributed by atoms with van der Waals surface area (Å²) in [5.74, 6) is -0.527. The highest BCUT2D eigenvalue weighted by Crippen LogP contribution is 2.20. The first-order chi connectivity index (χ1) is 6.31. The van der Waals surface area contributed by atoms with Crippen molar-refractivity contribution in [1.29, 1.82) is 0 Å². The number of hydrogen-bond acceptors (Lipinski definition) is 2. The van der Waals surface area contributed by atoms with Crippen LogP contribution in [-0.2, 0) is 9.63 Å². The number of halogens is 3. The molecule has 0 unspecified atom stereocenters. The average Bonchev–Trinajstić information content (AvgIpc) is 1.99. The van der Waals surface area contributed by atoms with Crippen LogP contribution < -0.4 is 5.48 Å². The van der Waals surface area contributed by atoms with Crippen molar-refractivity contribution in [1.82, 2.24) is 5.48 Å². The number of amides is 1. The highest BCUT2D eigenvalue weighted by molar-refractivity contribution is 5.74. The zero-order chi connectivity index (χ0) is 11.2. The molecule has 0 spiro atoms. The van der Waals surface area contributed by atoms with Gasteiger partial charge in [0.1, 0.15) is 0 Å². The summed E-state index contributed by atoms with van der Waals surface area (Å²) < 4.78 is 34.9. The van der Waals surface area contributed by atoms with E-state index in [9.17, 15) is 18.0 Å². The van der Waals surface area contributed by atoms with E-state index in [1.807, 2.05) is 19.3 Å². The molecule has 3 nitrogen and oxygen atoms in total. The number of hydroxylamine groups is 1. The zero-order valence-corrected chi connectivity index (χ0v) is 8.15. The van der Waals surface area contributed by atoms with Crippen LogP contribution in [0, 0.1) is 5.92 Å². The minimum Gasteiger partial charge on any atom is -0.273 e. The lowest BCUT2D eigenvalue weighted by atomic mass is 10.2. The van der Waals surface area contributed by atoms with Crippen molar-refractivity contribution in [3.05, 3.63) is 0 Å². The molecular weight excluding hydrogens is 199 g/mol. The van der Waals surface area contributed by atoms with Crippen LogP contribution in [0.5, 0.6) is 0 Å². The number of alkyl halides is 3. The van der Waals surface area contributed by atoms with E-state index >= 15 is 0 Å². The van der Waals surface area contributed by atoms with Crippen molar-refractivity contribution < 1.29 is 22.8 Å². The summed E-state index contributed by atoms with van der Waals surface area (Å²) >= 11 is 0. The van der Waals surface area contributed by atoms with Crippen LogP contribution in [0.15, 0.2) is 0 Å². The molecule has 0 saturated heterocycles. The lowest BCUT2D eigenvalue weighted by Crippen LogP contribution is -2.26. The Morgan fingerprint density at radius 3 is 2.43 bits per heavy atom. The first-order valence-corrected chi connectivity index (χ1v) is 4.28. The topological polar surface area (TPSA) is 38.3 Å². The molecule has 0 heterocycles. The van der Waals surface area contributed by atoms with Crippen LogP contribution in [0.25, 0.3) is 0 Å². The van der Waals surface area contributed by atoms with E-state index < -0.39 is 24.9 Å². The number of carbonyl (C=O) groups is 1. The Kier molecular flexibility index (Phi) is 5.52. The van der Waals surface area contributed by atoms with E-state index in [4.69, 9.17) is 0 Å². The van der Waals surface area contributed by atoms with Gasteiger partial charge in [-0.2, -0.15) is 13.2 Å². The third-order valence-corrected chi connectivity index (χ3v) is 1.24. The maximum absolute atomic E-state index is 11.6. The fourth-order valence-electron chi connectivity index (χ4n) is 0.595. The van der Waals surface area contributed by atoms with E-state index in [-0.39, 0.29) is 12.5 Å².